The van der Waals surface area contributed by atoms with Crippen LogP contribution in [-0.2, 0) is 0 Å². The molecular weight excluding hydrogens is 568 g/mol. The highest BCUT2D eigenvalue weighted by atomic mass is 15.2. The van der Waals surface area contributed by atoms with Crippen molar-refractivity contribution in [2.75, 3.05) is 4.90 Å². The van der Waals surface area contributed by atoms with Crippen molar-refractivity contribution in [1.82, 2.24) is 8.96 Å². The number of fused-ring (bicyclic) bond motifs is 16. The molecule has 0 unspecified atom stereocenters. The van der Waals surface area contributed by atoms with Crippen LogP contribution in [0.3, 0.4) is 0 Å². The number of benzene rings is 7. The van der Waals surface area contributed by atoms with Crippen LogP contribution in [0.4, 0.5) is 17.1 Å². The van der Waals surface area contributed by atoms with Crippen molar-refractivity contribution < 1.29 is 0 Å². The van der Waals surface area contributed by atoms with Crippen molar-refractivity contribution >= 4 is 96.2 Å². The predicted octanol–water partition coefficient (Wildman–Crippen LogP) is 7.27. The maximum Gasteiger partial charge on any atom is 0.333 e. The van der Waals surface area contributed by atoms with Crippen molar-refractivity contribution in [2.45, 2.75) is 0 Å². The second-order valence-corrected chi connectivity index (χ2v) is 13.6. The molecule has 0 saturated carbocycles. The lowest BCUT2D eigenvalue weighted by Gasteiger charge is -2.47. The molecule has 4 aliphatic rings. The third kappa shape index (κ3) is 2.45. The van der Waals surface area contributed by atoms with E-state index in [1.807, 2.05) is 0 Å². The molecule has 0 N–H and O–H groups in total. The molecule has 0 radical (unpaired) electrons. The van der Waals surface area contributed by atoms with Gasteiger partial charge in [-0.3, -0.25) is 0 Å². The van der Waals surface area contributed by atoms with Gasteiger partial charge in [0.15, 0.2) is 0 Å². The third-order valence-electron chi connectivity index (χ3n) is 11.7. The van der Waals surface area contributed by atoms with Gasteiger partial charge in [-0.1, -0.05) is 109 Å². The molecule has 2 aromatic heterocycles. The van der Waals surface area contributed by atoms with E-state index in [0.29, 0.717) is 0 Å². The first kappa shape index (κ1) is 23.4. The molecule has 0 aliphatic carbocycles. The number of aromatic nitrogens is 2. The molecule has 3 nitrogen and oxygen atoms in total. The Morgan fingerprint density at radius 1 is 0.383 bits per heavy atom. The van der Waals surface area contributed by atoms with Gasteiger partial charge in [0.2, 0.25) is 0 Å². The van der Waals surface area contributed by atoms with Crippen LogP contribution < -0.4 is 26.8 Å². The SMILES string of the molecule is c1ccc2c(c1)B1c3c(cc4c5c3N2c2ccccc2B5n2c3ccccc3c3cccc-4c32)-c2cccc3c4ccccc4n1c23. The van der Waals surface area contributed by atoms with Gasteiger partial charge in [-0.15, -0.1) is 0 Å². The molecule has 0 atom stereocenters. The predicted molar refractivity (Wildman–Crippen MR) is 199 cm³/mol. The van der Waals surface area contributed by atoms with E-state index in [4.69, 9.17) is 0 Å². The summed E-state index contributed by atoms with van der Waals surface area (Å²) >= 11 is 0. The van der Waals surface area contributed by atoms with Crippen molar-refractivity contribution in [3.05, 3.63) is 140 Å². The molecule has 7 aromatic carbocycles. The fourth-order valence-corrected chi connectivity index (χ4v) is 10.1. The van der Waals surface area contributed by atoms with Gasteiger partial charge in [0.05, 0.1) is 0 Å². The second-order valence-electron chi connectivity index (χ2n) is 13.6. The van der Waals surface area contributed by atoms with Crippen LogP contribution in [0, 0.1) is 0 Å². The highest BCUT2D eigenvalue weighted by molar-refractivity contribution is 6.95. The molecule has 6 heterocycles. The summed E-state index contributed by atoms with van der Waals surface area (Å²) in [6, 6.07) is 52.8. The van der Waals surface area contributed by atoms with Crippen LogP contribution in [-0.4, -0.2) is 22.7 Å². The zero-order chi connectivity index (χ0) is 30.1. The largest absolute Gasteiger partial charge is 0.375 e. The Kier molecular flexibility index (Phi) is 3.84. The lowest BCUT2D eigenvalue weighted by Crippen LogP contribution is -2.64. The smallest absolute Gasteiger partial charge is 0.333 e. The van der Waals surface area contributed by atoms with Gasteiger partial charge in [0.25, 0.3) is 0 Å². The normalized spacial score (nSPS) is 14.3. The minimum absolute atomic E-state index is 0.0690. The second kappa shape index (κ2) is 7.71. The number of hydrogen-bond donors (Lipinski definition) is 0. The summed E-state index contributed by atoms with van der Waals surface area (Å²) in [4.78, 5) is 2.61. The monoisotopic (exact) mass is 591 g/mol. The number of nitrogens with zero attached hydrogens (tertiary/aromatic N) is 3. The van der Waals surface area contributed by atoms with Gasteiger partial charge >= 0.3 is 13.7 Å². The lowest BCUT2D eigenvalue weighted by molar-refractivity contribution is 1.24. The molecule has 0 bridgehead atoms. The average Bonchev–Trinajstić information content (AvgIpc) is 3.65. The Morgan fingerprint density at radius 3 is 1.36 bits per heavy atom. The molecule has 0 spiro atoms. The minimum Gasteiger partial charge on any atom is -0.375 e. The van der Waals surface area contributed by atoms with E-state index in [1.165, 1.54) is 105 Å². The lowest BCUT2D eigenvalue weighted by atomic mass is 9.39. The van der Waals surface area contributed by atoms with Crippen molar-refractivity contribution in [3.63, 3.8) is 0 Å². The molecule has 0 fully saturated rings. The number of para-hydroxylation sites is 6. The standard InChI is InChI=1S/C42H23B2N3/c1-5-19-34-24(11-1)26-13-9-15-28-30-23-31-29-16-10-14-27-25-12-2-6-20-35(25)47(41(27)29)44-33-18-4-8-22-37(33)45-36-21-7-3-17-32(36)43(46(34)40(26)28)38(30)42(45)39(31)44/h1-23H. The van der Waals surface area contributed by atoms with Crippen molar-refractivity contribution in [1.29, 1.82) is 0 Å². The van der Waals surface area contributed by atoms with Crippen LogP contribution in [0.5, 0.6) is 0 Å². The average molecular weight is 591 g/mol. The summed E-state index contributed by atoms with van der Waals surface area (Å²) in [5.41, 5.74) is 20.2. The van der Waals surface area contributed by atoms with Crippen molar-refractivity contribution in [3.8, 4) is 22.3 Å². The van der Waals surface area contributed by atoms with E-state index < -0.39 is 0 Å². The topological polar surface area (TPSA) is 13.1 Å². The Bertz CT molecular complexity index is 2750. The van der Waals surface area contributed by atoms with Gasteiger partial charge in [-0.25, -0.2) is 0 Å². The van der Waals surface area contributed by atoms with Gasteiger partial charge in [-0.05, 0) is 63.3 Å². The fraction of sp³-hybridized carbons (Fsp3) is 0. The molecule has 5 heteroatoms. The van der Waals surface area contributed by atoms with E-state index in [1.54, 1.807) is 0 Å². The minimum atomic E-state index is 0.0690. The number of anilines is 3. The fourth-order valence-electron chi connectivity index (χ4n) is 10.1. The summed E-state index contributed by atoms with van der Waals surface area (Å²) in [6.07, 6.45) is 0. The first-order valence-corrected chi connectivity index (χ1v) is 16.6. The molecule has 47 heavy (non-hydrogen) atoms. The maximum absolute atomic E-state index is 2.66. The number of rotatable bonds is 0. The van der Waals surface area contributed by atoms with Crippen LogP contribution in [0.15, 0.2) is 140 Å². The number of hydrogen-bond acceptors (Lipinski definition) is 1. The van der Waals surface area contributed by atoms with E-state index in [9.17, 15) is 0 Å². The van der Waals surface area contributed by atoms with Crippen LogP contribution in [0.25, 0.3) is 65.9 Å². The van der Waals surface area contributed by atoms with Crippen LogP contribution in [0.1, 0.15) is 0 Å². The molecule has 9 aromatic rings. The Labute approximate surface area is 271 Å². The van der Waals surface area contributed by atoms with Gasteiger partial charge in [0, 0.05) is 71.8 Å². The van der Waals surface area contributed by atoms with Crippen LogP contribution in [0.2, 0.25) is 0 Å². The van der Waals surface area contributed by atoms with E-state index in [2.05, 4.69) is 153 Å². The quantitative estimate of drug-likeness (QED) is 0.169. The van der Waals surface area contributed by atoms with Gasteiger partial charge < -0.3 is 13.9 Å². The molecule has 4 aliphatic heterocycles. The van der Waals surface area contributed by atoms with E-state index in [0.717, 1.165) is 0 Å². The first-order chi connectivity index (χ1) is 23.4. The Balaban J connectivity index is 1.31. The highest BCUT2D eigenvalue weighted by Gasteiger charge is 2.50. The highest BCUT2D eigenvalue weighted by Crippen LogP contribution is 2.49. The summed E-state index contributed by atoms with van der Waals surface area (Å²) in [7, 11) is 0. The Hall–Kier alpha value is -5.93. The molecule has 0 amide bonds. The zero-order valence-corrected chi connectivity index (χ0v) is 25.3. The summed E-state index contributed by atoms with van der Waals surface area (Å²) in [6.45, 7) is 0.138. The summed E-state index contributed by atoms with van der Waals surface area (Å²) in [5.74, 6) is 0. The summed E-state index contributed by atoms with van der Waals surface area (Å²) < 4.78 is 5.33. The molecule has 0 saturated heterocycles. The molecule has 13 rings (SSSR count). The van der Waals surface area contributed by atoms with Gasteiger partial charge in [-0.2, -0.15) is 0 Å². The molecular formula is C42H23B2N3. The van der Waals surface area contributed by atoms with E-state index >= 15 is 0 Å². The maximum atomic E-state index is 2.66. The molecule has 212 valence electrons. The first-order valence-electron chi connectivity index (χ1n) is 16.6. The zero-order valence-electron chi connectivity index (χ0n) is 25.3. The van der Waals surface area contributed by atoms with E-state index in [-0.39, 0.29) is 13.7 Å². The van der Waals surface area contributed by atoms with Crippen LogP contribution >= 0.6 is 0 Å². The van der Waals surface area contributed by atoms with Crippen molar-refractivity contribution in [2.24, 2.45) is 0 Å². The Morgan fingerprint density at radius 2 is 0.830 bits per heavy atom. The summed E-state index contributed by atoms with van der Waals surface area (Å²) in [5, 5.41) is 5.32. The third-order valence-corrected chi connectivity index (χ3v) is 11.7. The van der Waals surface area contributed by atoms with Gasteiger partial charge in [0.1, 0.15) is 0 Å².